The quantitative estimate of drug-likeness (QED) is 0.859. The minimum Gasteiger partial charge on any atom is -0.316 e. The normalized spacial score (nSPS) is 10.3. The maximum absolute atomic E-state index is 13.2. The Morgan fingerprint density at radius 1 is 1.35 bits per heavy atom. The first-order chi connectivity index (χ1) is 8.08. The van der Waals surface area contributed by atoms with E-state index in [0.29, 0.717) is 0 Å². The average Bonchev–Trinajstić information content (AvgIpc) is 2.70. The molecule has 0 aliphatic carbocycles. The van der Waals surface area contributed by atoms with E-state index in [-0.39, 0.29) is 5.69 Å². The van der Waals surface area contributed by atoms with Crippen molar-refractivity contribution in [2.45, 2.75) is 0 Å². The van der Waals surface area contributed by atoms with Gasteiger partial charge in [-0.2, -0.15) is 9.90 Å². The molecule has 0 fully saturated rings. The van der Waals surface area contributed by atoms with Gasteiger partial charge in [0, 0.05) is 7.05 Å². The molecule has 7 heteroatoms. The molecule has 0 aliphatic heterocycles. The van der Waals surface area contributed by atoms with Crippen LogP contribution >= 0.6 is 0 Å². The number of rotatable bonds is 2. The highest BCUT2D eigenvalue weighted by molar-refractivity contribution is 6.02. The fourth-order valence-electron chi connectivity index (χ4n) is 1.24. The summed E-state index contributed by atoms with van der Waals surface area (Å²) in [6.45, 7) is 0. The SMILES string of the molecule is Cn1ncc(C(=O)Nc2c(F)cccc2F)n1. The summed E-state index contributed by atoms with van der Waals surface area (Å²) in [5.41, 5.74) is -0.515. The van der Waals surface area contributed by atoms with Crippen molar-refractivity contribution in [2.24, 2.45) is 7.05 Å². The van der Waals surface area contributed by atoms with E-state index < -0.39 is 23.2 Å². The van der Waals surface area contributed by atoms with Crippen LogP contribution in [0.2, 0.25) is 0 Å². The second-order valence-electron chi connectivity index (χ2n) is 3.27. The Labute approximate surface area is 95.1 Å². The van der Waals surface area contributed by atoms with Gasteiger partial charge < -0.3 is 5.32 Å². The molecule has 0 aliphatic rings. The number of nitrogens with zero attached hydrogens (tertiary/aromatic N) is 3. The standard InChI is InChI=1S/C10H8F2N4O/c1-16-13-5-8(15-16)10(17)14-9-6(11)3-2-4-7(9)12/h2-5H,1H3,(H,14,17). The van der Waals surface area contributed by atoms with Crippen molar-refractivity contribution in [3.8, 4) is 0 Å². The Hall–Kier alpha value is -2.31. The van der Waals surface area contributed by atoms with Crippen molar-refractivity contribution in [3.05, 3.63) is 41.7 Å². The number of aryl methyl sites for hydroxylation is 1. The summed E-state index contributed by atoms with van der Waals surface area (Å²) in [6.07, 6.45) is 1.20. The van der Waals surface area contributed by atoms with Gasteiger partial charge in [-0.1, -0.05) is 6.07 Å². The number of anilines is 1. The van der Waals surface area contributed by atoms with Crippen LogP contribution in [0.4, 0.5) is 14.5 Å². The van der Waals surface area contributed by atoms with Gasteiger partial charge in [0.05, 0.1) is 6.20 Å². The van der Waals surface area contributed by atoms with Crippen molar-refractivity contribution in [1.82, 2.24) is 15.0 Å². The summed E-state index contributed by atoms with van der Waals surface area (Å²) in [7, 11) is 1.53. The zero-order valence-electron chi connectivity index (χ0n) is 8.82. The summed E-state index contributed by atoms with van der Waals surface area (Å²) in [5.74, 6) is -2.41. The van der Waals surface area contributed by atoms with Crippen LogP contribution in [-0.2, 0) is 7.05 Å². The van der Waals surface area contributed by atoms with Gasteiger partial charge in [-0.25, -0.2) is 8.78 Å². The Bertz CT molecular complexity index is 547. The molecular weight excluding hydrogens is 230 g/mol. The molecule has 0 saturated heterocycles. The van der Waals surface area contributed by atoms with Gasteiger partial charge in [-0.3, -0.25) is 4.79 Å². The van der Waals surface area contributed by atoms with E-state index in [1.54, 1.807) is 0 Å². The highest BCUT2D eigenvalue weighted by Crippen LogP contribution is 2.18. The number of amides is 1. The number of nitrogens with one attached hydrogen (secondary N) is 1. The largest absolute Gasteiger partial charge is 0.316 e. The van der Waals surface area contributed by atoms with Gasteiger partial charge in [-0.15, -0.1) is 5.10 Å². The van der Waals surface area contributed by atoms with E-state index in [0.717, 1.165) is 12.1 Å². The van der Waals surface area contributed by atoms with Crippen molar-refractivity contribution in [3.63, 3.8) is 0 Å². The molecule has 1 aromatic carbocycles. The third-order valence-electron chi connectivity index (χ3n) is 2.03. The van der Waals surface area contributed by atoms with E-state index in [2.05, 4.69) is 15.5 Å². The van der Waals surface area contributed by atoms with E-state index in [1.165, 1.54) is 24.1 Å². The van der Waals surface area contributed by atoms with Crippen LogP contribution in [0.5, 0.6) is 0 Å². The molecule has 5 nitrogen and oxygen atoms in total. The summed E-state index contributed by atoms with van der Waals surface area (Å²) in [4.78, 5) is 12.7. The summed E-state index contributed by atoms with van der Waals surface area (Å²) < 4.78 is 26.5. The predicted octanol–water partition coefficient (Wildman–Crippen LogP) is 1.35. The fourth-order valence-corrected chi connectivity index (χ4v) is 1.24. The number of hydrogen-bond donors (Lipinski definition) is 1. The smallest absolute Gasteiger partial charge is 0.278 e. The molecule has 0 spiro atoms. The van der Waals surface area contributed by atoms with Crippen LogP contribution < -0.4 is 5.32 Å². The first kappa shape index (κ1) is 11.2. The van der Waals surface area contributed by atoms with Gasteiger partial charge in [0.25, 0.3) is 5.91 Å². The molecule has 88 valence electrons. The van der Waals surface area contributed by atoms with Crippen LogP contribution in [0.25, 0.3) is 0 Å². The second kappa shape index (κ2) is 4.28. The molecule has 1 heterocycles. The first-order valence-corrected chi connectivity index (χ1v) is 4.69. The molecule has 1 N–H and O–H groups in total. The Morgan fingerprint density at radius 3 is 2.53 bits per heavy atom. The van der Waals surface area contributed by atoms with E-state index >= 15 is 0 Å². The minimum absolute atomic E-state index is 0.0184. The lowest BCUT2D eigenvalue weighted by Crippen LogP contribution is -2.15. The molecular formula is C10H8F2N4O. The lowest BCUT2D eigenvalue weighted by atomic mass is 10.3. The van der Waals surface area contributed by atoms with E-state index in [1.807, 2.05) is 0 Å². The maximum Gasteiger partial charge on any atom is 0.278 e. The van der Waals surface area contributed by atoms with Crippen LogP contribution in [0.3, 0.4) is 0 Å². The van der Waals surface area contributed by atoms with Crippen LogP contribution in [0.1, 0.15) is 10.5 Å². The van der Waals surface area contributed by atoms with Crippen molar-refractivity contribution in [1.29, 1.82) is 0 Å². The third-order valence-corrected chi connectivity index (χ3v) is 2.03. The Balaban J connectivity index is 2.24. The van der Waals surface area contributed by atoms with Crippen molar-refractivity contribution >= 4 is 11.6 Å². The number of carbonyl (C=O) groups excluding carboxylic acids is 1. The summed E-state index contributed by atoms with van der Waals surface area (Å²) >= 11 is 0. The second-order valence-corrected chi connectivity index (χ2v) is 3.27. The molecule has 1 amide bonds. The monoisotopic (exact) mass is 238 g/mol. The molecule has 17 heavy (non-hydrogen) atoms. The molecule has 0 saturated carbocycles. The highest BCUT2D eigenvalue weighted by Gasteiger charge is 2.15. The lowest BCUT2D eigenvalue weighted by Gasteiger charge is -2.05. The lowest BCUT2D eigenvalue weighted by molar-refractivity contribution is 0.102. The van der Waals surface area contributed by atoms with Crippen molar-refractivity contribution < 1.29 is 13.6 Å². The molecule has 1 aromatic heterocycles. The average molecular weight is 238 g/mol. The zero-order chi connectivity index (χ0) is 12.4. The minimum atomic E-state index is -0.845. The van der Waals surface area contributed by atoms with E-state index in [9.17, 15) is 13.6 Å². The zero-order valence-corrected chi connectivity index (χ0v) is 8.82. The van der Waals surface area contributed by atoms with Gasteiger partial charge >= 0.3 is 0 Å². The highest BCUT2D eigenvalue weighted by atomic mass is 19.1. The van der Waals surface area contributed by atoms with Gasteiger partial charge in [0.15, 0.2) is 5.69 Å². The fraction of sp³-hybridized carbons (Fsp3) is 0.100. The van der Waals surface area contributed by atoms with Gasteiger partial charge in [-0.05, 0) is 12.1 Å². The number of para-hydroxylation sites is 1. The van der Waals surface area contributed by atoms with Crippen LogP contribution in [-0.4, -0.2) is 20.9 Å². The molecule has 0 atom stereocenters. The molecule has 2 aromatic rings. The molecule has 0 unspecified atom stereocenters. The summed E-state index contributed by atoms with van der Waals surface area (Å²) in [5, 5.41) is 9.50. The van der Waals surface area contributed by atoms with Gasteiger partial charge in [0.2, 0.25) is 0 Å². The maximum atomic E-state index is 13.2. The molecule has 0 radical (unpaired) electrons. The Kier molecular flexibility index (Phi) is 2.82. The molecule has 0 bridgehead atoms. The number of hydrogen-bond acceptors (Lipinski definition) is 3. The predicted molar refractivity (Wildman–Crippen MR) is 55.3 cm³/mol. The Morgan fingerprint density at radius 2 is 2.00 bits per heavy atom. The number of aromatic nitrogens is 3. The summed E-state index contributed by atoms with van der Waals surface area (Å²) in [6, 6.07) is 3.31. The van der Waals surface area contributed by atoms with E-state index in [4.69, 9.17) is 0 Å². The number of carbonyl (C=O) groups is 1. The van der Waals surface area contributed by atoms with Crippen molar-refractivity contribution in [2.75, 3.05) is 5.32 Å². The molecule has 2 rings (SSSR count). The van der Waals surface area contributed by atoms with Gasteiger partial charge in [0.1, 0.15) is 17.3 Å². The topological polar surface area (TPSA) is 59.8 Å². The van der Waals surface area contributed by atoms with Crippen LogP contribution in [0.15, 0.2) is 24.4 Å². The first-order valence-electron chi connectivity index (χ1n) is 4.69. The van der Waals surface area contributed by atoms with Crippen LogP contribution in [0, 0.1) is 11.6 Å². The number of benzene rings is 1. The number of halogens is 2. The third kappa shape index (κ3) is 2.27.